The molecule has 0 unspecified atom stereocenters. The number of Topliss-reactive ketones (excluding diaryl/α,β-unsaturated/α-hetero) is 1. The second kappa shape index (κ2) is 9.30. The van der Waals surface area contributed by atoms with Crippen LogP contribution in [-0.2, 0) is 9.59 Å². The Morgan fingerprint density at radius 2 is 1.76 bits per heavy atom. The monoisotopic (exact) mass is 464 g/mol. The molecule has 0 saturated carbocycles. The maximum Gasteiger partial charge on any atom is 0.301 e. The van der Waals surface area contributed by atoms with E-state index in [1.165, 1.54) is 19.1 Å². The first-order valence-electron chi connectivity index (χ1n) is 10.6. The Morgan fingerprint density at radius 1 is 1.06 bits per heavy atom. The van der Waals surface area contributed by atoms with Crippen LogP contribution in [0.15, 0.2) is 58.6 Å². The summed E-state index contributed by atoms with van der Waals surface area (Å²) in [4.78, 5) is 27.5. The third-order valence-corrected chi connectivity index (χ3v) is 5.47. The normalized spacial score (nSPS) is 17.2. The van der Waals surface area contributed by atoms with Crippen molar-refractivity contribution < 1.29 is 33.4 Å². The number of amides is 1. The van der Waals surface area contributed by atoms with Crippen molar-refractivity contribution in [1.82, 2.24) is 5.16 Å². The molecule has 1 N–H and O–H groups in total. The number of aromatic nitrogens is 1. The van der Waals surface area contributed by atoms with E-state index in [-0.39, 0.29) is 17.2 Å². The number of ketones is 1. The molecule has 4 rings (SSSR count). The van der Waals surface area contributed by atoms with Crippen LogP contribution in [0, 0.1) is 6.92 Å². The summed E-state index contributed by atoms with van der Waals surface area (Å²) >= 11 is 0. The molecule has 2 heterocycles. The molecule has 1 atom stereocenters. The summed E-state index contributed by atoms with van der Waals surface area (Å²) in [6.07, 6.45) is 0. The number of methoxy groups -OCH3 is 2. The summed E-state index contributed by atoms with van der Waals surface area (Å²) in [6, 6.07) is 12.2. The van der Waals surface area contributed by atoms with Crippen molar-refractivity contribution in [3.05, 3.63) is 71.0 Å². The summed E-state index contributed by atoms with van der Waals surface area (Å²) in [6.45, 7) is 4.04. The molecule has 1 saturated heterocycles. The molecule has 1 aliphatic rings. The van der Waals surface area contributed by atoms with Gasteiger partial charge < -0.3 is 23.8 Å². The fourth-order valence-corrected chi connectivity index (χ4v) is 3.91. The van der Waals surface area contributed by atoms with Gasteiger partial charge in [0, 0.05) is 11.6 Å². The largest absolute Gasteiger partial charge is 0.507 e. The lowest BCUT2D eigenvalue weighted by Gasteiger charge is -2.23. The minimum atomic E-state index is -0.976. The minimum absolute atomic E-state index is 0.0815. The molecule has 9 heteroatoms. The van der Waals surface area contributed by atoms with Crippen LogP contribution < -0.4 is 19.1 Å². The van der Waals surface area contributed by atoms with E-state index in [0.29, 0.717) is 40.7 Å². The Labute approximate surface area is 196 Å². The number of anilines is 1. The molecule has 0 aliphatic carbocycles. The van der Waals surface area contributed by atoms with Gasteiger partial charge in [0.25, 0.3) is 5.78 Å². The van der Waals surface area contributed by atoms with Crippen molar-refractivity contribution in [2.75, 3.05) is 25.7 Å². The predicted octanol–water partition coefficient (Wildman–Crippen LogP) is 4.03. The Bertz CT molecular complexity index is 1260. The third kappa shape index (κ3) is 3.96. The van der Waals surface area contributed by atoms with Gasteiger partial charge >= 0.3 is 5.91 Å². The molecule has 0 bridgehead atoms. The van der Waals surface area contributed by atoms with Gasteiger partial charge in [0.05, 0.1) is 32.4 Å². The zero-order valence-electron chi connectivity index (χ0n) is 19.2. The Balaban J connectivity index is 1.91. The molecule has 9 nitrogen and oxygen atoms in total. The van der Waals surface area contributed by atoms with E-state index in [0.717, 1.165) is 0 Å². The number of aryl methyl sites for hydroxylation is 1. The van der Waals surface area contributed by atoms with Crippen molar-refractivity contribution in [2.24, 2.45) is 0 Å². The van der Waals surface area contributed by atoms with Crippen molar-refractivity contribution in [3.63, 3.8) is 0 Å². The zero-order valence-corrected chi connectivity index (χ0v) is 19.2. The lowest BCUT2D eigenvalue weighted by molar-refractivity contribution is -0.132. The van der Waals surface area contributed by atoms with Gasteiger partial charge in [0.15, 0.2) is 17.3 Å². The van der Waals surface area contributed by atoms with E-state index in [2.05, 4.69) is 5.16 Å². The first-order valence-corrected chi connectivity index (χ1v) is 10.6. The number of hydrogen-bond donors (Lipinski definition) is 1. The highest BCUT2D eigenvalue weighted by Crippen LogP contribution is 2.44. The van der Waals surface area contributed by atoms with Gasteiger partial charge in [-0.1, -0.05) is 11.2 Å². The molecule has 1 aliphatic heterocycles. The van der Waals surface area contributed by atoms with Crippen molar-refractivity contribution >= 4 is 23.3 Å². The van der Waals surface area contributed by atoms with Crippen LogP contribution in [0.4, 0.5) is 5.82 Å². The second-order valence-electron chi connectivity index (χ2n) is 7.54. The van der Waals surface area contributed by atoms with Crippen LogP contribution in [-0.4, -0.2) is 42.8 Å². The summed E-state index contributed by atoms with van der Waals surface area (Å²) in [5, 5.41) is 15.1. The van der Waals surface area contributed by atoms with Gasteiger partial charge in [-0.25, -0.2) is 0 Å². The number of rotatable bonds is 7. The maximum atomic E-state index is 13.2. The molecule has 176 valence electrons. The average molecular weight is 464 g/mol. The molecule has 3 aromatic rings. The van der Waals surface area contributed by atoms with Crippen LogP contribution in [0.25, 0.3) is 5.76 Å². The molecule has 1 aromatic heterocycles. The van der Waals surface area contributed by atoms with Crippen molar-refractivity contribution in [2.45, 2.75) is 19.9 Å². The Kier molecular flexibility index (Phi) is 6.27. The SMILES string of the molecule is CCOc1ccc(C(O)=C2C(=O)C(=O)N(c3cc(C)on3)[C@@H]2c2ccc(OC)c(OC)c2)cc1. The fourth-order valence-electron chi connectivity index (χ4n) is 3.91. The van der Waals surface area contributed by atoms with Gasteiger partial charge in [-0.3, -0.25) is 14.5 Å². The number of ether oxygens (including phenoxy) is 3. The maximum absolute atomic E-state index is 13.2. The molecular formula is C25H24N2O7. The standard InChI is InChI=1S/C25H24N2O7/c1-5-33-17-9-6-15(7-10-17)23(28)21-22(16-8-11-18(31-3)19(13-16)32-4)27(25(30)24(21)29)20-12-14(2)34-26-20/h6-13,22,28H,5H2,1-4H3/t22-/m1/s1. The second-order valence-corrected chi connectivity index (χ2v) is 7.54. The first-order chi connectivity index (χ1) is 16.4. The molecule has 0 radical (unpaired) electrons. The van der Waals surface area contributed by atoms with E-state index < -0.39 is 17.7 Å². The van der Waals surface area contributed by atoms with Crippen molar-refractivity contribution in [3.8, 4) is 17.2 Å². The highest BCUT2D eigenvalue weighted by atomic mass is 16.5. The van der Waals surface area contributed by atoms with Crippen LogP contribution in [0.1, 0.15) is 29.9 Å². The Morgan fingerprint density at radius 3 is 2.35 bits per heavy atom. The molecule has 0 spiro atoms. The van der Waals surface area contributed by atoms with Crippen LogP contribution in [0.3, 0.4) is 0 Å². The summed E-state index contributed by atoms with van der Waals surface area (Å²) in [5.74, 6) is 0.139. The third-order valence-electron chi connectivity index (χ3n) is 5.47. The van der Waals surface area contributed by atoms with E-state index in [9.17, 15) is 14.7 Å². The van der Waals surface area contributed by atoms with Gasteiger partial charge in [0.2, 0.25) is 0 Å². The van der Waals surface area contributed by atoms with E-state index in [4.69, 9.17) is 18.7 Å². The summed E-state index contributed by atoms with van der Waals surface area (Å²) in [7, 11) is 2.99. The number of aliphatic hydroxyl groups is 1. The number of nitrogens with zero attached hydrogens (tertiary/aromatic N) is 2. The lowest BCUT2D eigenvalue weighted by atomic mass is 9.95. The topological polar surface area (TPSA) is 111 Å². The zero-order chi connectivity index (χ0) is 24.4. The quantitative estimate of drug-likeness (QED) is 0.317. The highest BCUT2D eigenvalue weighted by molar-refractivity contribution is 6.51. The number of hydrogen-bond acceptors (Lipinski definition) is 8. The number of carbonyl (C=O) groups is 2. The van der Waals surface area contributed by atoms with Crippen LogP contribution >= 0.6 is 0 Å². The molecule has 2 aromatic carbocycles. The number of aliphatic hydroxyl groups excluding tert-OH is 1. The van der Waals surface area contributed by atoms with E-state index in [1.807, 2.05) is 6.92 Å². The van der Waals surface area contributed by atoms with Crippen molar-refractivity contribution in [1.29, 1.82) is 0 Å². The fraction of sp³-hybridized carbons (Fsp3) is 0.240. The minimum Gasteiger partial charge on any atom is -0.507 e. The molecule has 1 amide bonds. The smallest absolute Gasteiger partial charge is 0.301 e. The number of benzene rings is 2. The molecule has 34 heavy (non-hydrogen) atoms. The summed E-state index contributed by atoms with van der Waals surface area (Å²) in [5.41, 5.74) is 0.801. The van der Waals surface area contributed by atoms with Gasteiger partial charge in [-0.2, -0.15) is 0 Å². The van der Waals surface area contributed by atoms with Crippen LogP contribution in [0.2, 0.25) is 0 Å². The molecular weight excluding hydrogens is 440 g/mol. The van der Waals surface area contributed by atoms with Gasteiger partial charge in [-0.05, 0) is 55.8 Å². The Hall–Kier alpha value is -4.27. The van der Waals surface area contributed by atoms with Gasteiger partial charge in [0.1, 0.15) is 17.3 Å². The first kappa shape index (κ1) is 22.9. The number of carbonyl (C=O) groups excluding carboxylic acids is 2. The highest BCUT2D eigenvalue weighted by Gasteiger charge is 2.48. The van der Waals surface area contributed by atoms with Gasteiger partial charge in [-0.15, -0.1) is 0 Å². The van der Waals surface area contributed by atoms with E-state index >= 15 is 0 Å². The summed E-state index contributed by atoms with van der Waals surface area (Å²) < 4.78 is 21.3. The molecule has 1 fully saturated rings. The average Bonchev–Trinajstić information content (AvgIpc) is 3.39. The predicted molar refractivity (Wildman–Crippen MR) is 123 cm³/mol. The van der Waals surface area contributed by atoms with E-state index in [1.54, 1.807) is 55.5 Å². The lowest BCUT2D eigenvalue weighted by Crippen LogP contribution is -2.29. The van der Waals surface area contributed by atoms with Crippen LogP contribution in [0.5, 0.6) is 17.2 Å².